The number of aliphatic carboxylic acids is 1. The zero-order chi connectivity index (χ0) is 42.3. The number of ether oxygens (including phenoxy) is 1. The molecular weight excluding hydrogens is 744 g/mol. The lowest BCUT2D eigenvalue weighted by atomic mass is 9.84. The summed E-state index contributed by atoms with van der Waals surface area (Å²) in [4.78, 5) is 50.0. The second-order valence-electron chi connectivity index (χ2n) is 17.2. The van der Waals surface area contributed by atoms with Crippen LogP contribution in [-0.4, -0.2) is 95.1 Å². The van der Waals surface area contributed by atoms with Gasteiger partial charge in [-0.3, -0.25) is 14.4 Å². The summed E-state index contributed by atoms with van der Waals surface area (Å²) in [5, 5.41) is 19.0. The number of rotatable bonds is 25. The summed E-state index contributed by atoms with van der Waals surface area (Å²) in [6, 6.07) is 3.81. The number of halogens is 1. The van der Waals surface area contributed by atoms with Crippen molar-refractivity contribution in [1.82, 2.24) is 25.4 Å². The Labute approximate surface area is 346 Å². The zero-order valence-electron chi connectivity index (χ0n) is 36.2. The molecule has 5 N–H and O–H groups in total. The van der Waals surface area contributed by atoms with Gasteiger partial charge in [0.2, 0.25) is 5.91 Å². The molecule has 0 spiro atoms. The molecule has 0 saturated carbocycles. The second-order valence-corrected chi connectivity index (χ2v) is 18.1. The molecule has 11 nitrogen and oxygen atoms in total. The largest absolute Gasteiger partial charge is 0.481 e. The van der Waals surface area contributed by atoms with Gasteiger partial charge in [-0.2, -0.15) is 0 Å². The number of nitrogens with two attached hydrogens (primary N) is 1. The monoisotopic (exact) mass is 817 g/mol. The Hall–Kier alpha value is -3.13. The quantitative estimate of drug-likeness (QED) is 0.0576. The third kappa shape index (κ3) is 14.6. The highest BCUT2D eigenvalue weighted by molar-refractivity contribution is 7.09. The summed E-state index contributed by atoms with van der Waals surface area (Å²) in [5.41, 5.74) is 5.33. The molecule has 0 aliphatic carbocycles. The van der Waals surface area contributed by atoms with Crippen molar-refractivity contribution >= 4 is 34.8 Å². The van der Waals surface area contributed by atoms with E-state index in [0.717, 1.165) is 51.6 Å². The molecule has 2 aromatic rings. The highest BCUT2D eigenvalue weighted by atomic mass is 32.1. The number of unbranched alkanes of at least 4 members (excludes halogenated alkanes) is 3. The molecule has 1 unspecified atom stereocenters. The van der Waals surface area contributed by atoms with E-state index in [1.807, 2.05) is 6.92 Å². The Morgan fingerprint density at radius 1 is 1.14 bits per heavy atom. The molecule has 1 saturated heterocycles. The minimum Gasteiger partial charge on any atom is -0.481 e. The smallest absolute Gasteiger partial charge is 0.309 e. The third-order valence-electron chi connectivity index (χ3n) is 11.8. The first kappa shape index (κ1) is 48.2. The van der Waals surface area contributed by atoms with E-state index < -0.39 is 35.3 Å². The number of hydrogen-bond acceptors (Lipinski definition) is 9. The number of aromatic nitrogens is 1. The van der Waals surface area contributed by atoms with Crippen LogP contribution in [0.5, 0.6) is 0 Å². The number of hydrogen-bond donors (Lipinski definition) is 4. The van der Waals surface area contributed by atoms with Crippen molar-refractivity contribution in [3.8, 4) is 0 Å². The maximum absolute atomic E-state index is 14.9. The van der Waals surface area contributed by atoms with E-state index in [1.54, 1.807) is 25.3 Å². The fourth-order valence-corrected chi connectivity index (χ4v) is 8.70. The van der Waals surface area contributed by atoms with Crippen LogP contribution in [0.25, 0.3) is 0 Å². The normalized spacial score (nSPS) is 17.8. The Morgan fingerprint density at radius 3 is 2.49 bits per heavy atom. The number of carboxylic acids is 1. The average Bonchev–Trinajstić information content (AvgIpc) is 3.66. The summed E-state index contributed by atoms with van der Waals surface area (Å²) in [5.74, 6) is -1.59. The highest BCUT2D eigenvalue weighted by Gasteiger charge is 2.37. The van der Waals surface area contributed by atoms with Gasteiger partial charge in [-0.15, -0.1) is 11.3 Å². The number of benzene rings is 1. The molecule has 1 fully saturated rings. The van der Waals surface area contributed by atoms with Gasteiger partial charge >= 0.3 is 5.97 Å². The van der Waals surface area contributed by atoms with Gasteiger partial charge in [-0.05, 0) is 96.0 Å². The Balaban J connectivity index is 1.89. The third-order valence-corrected chi connectivity index (χ3v) is 12.7. The summed E-state index contributed by atoms with van der Waals surface area (Å²) < 4.78 is 20.7. The SMILES string of the molecule is CCCCCCN(C(=O)[C@@H](NCC1CCCCN1C)[C@@H](C)CC)[C@H](C[C@@H](OCC)c1nc(C(=O)N[C@@H](Cc2ccc(N)c(F)c2)CC(C)(C)C(=O)O)cs1)C(C)C. The van der Waals surface area contributed by atoms with Gasteiger partial charge in [-0.25, -0.2) is 9.37 Å². The van der Waals surface area contributed by atoms with Gasteiger partial charge in [0.25, 0.3) is 5.91 Å². The molecule has 1 aromatic heterocycles. The number of carbonyl (C=O) groups excluding carboxylic acids is 2. The van der Waals surface area contributed by atoms with Crippen LogP contribution in [0.15, 0.2) is 23.6 Å². The van der Waals surface area contributed by atoms with Crippen molar-refractivity contribution in [1.29, 1.82) is 0 Å². The first-order valence-electron chi connectivity index (χ1n) is 21.4. The Bertz CT molecular complexity index is 1550. The Kier molecular flexibility index (Phi) is 19.9. The molecule has 2 heterocycles. The van der Waals surface area contributed by atoms with E-state index in [1.165, 1.54) is 36.3 Å². The van der Waals surface area contributed by atoms with Gasteiger partial charge in [0.05, 0.1) is 17.1 Å². The van der Waals surface area contributed by atoms with Gasteiger partial charge in [0.1, 0.15) is 22.6 Å². The van der Waals surface area contributed by atoms with E-state index in [0.29, 0.717) is 36.2 Å². The number of nitrogen functional groups attached to an aromatic ring is 1. The van der Waals surface area contributed by atoms with Crippen LogP contribution in [0.4, 0.5) is 10.1 Å². The van der Waals surface area contributed by atoms with E-state index in [2.05, 4.69) is 62.1 Å². The number of likely N-dealkylation sites (N-methyl/N-ethyl adjacent to an activating group) is 1. The summed E-state index contributed by atoms with van der Waals surface area (Å²) in [7, 11) is 2.18. The van der Waals surface area contributed by atoms with E-state index in [4.69, 9.17) is 15.5 Å². The molecule has 0 bridgehead atoms. The lowest BCUT2D eigenvalue weighted by molar-refractivity contribution is -0.147. The number of thiazole rings is 1. The molecule has 1 aliphatic rings. The number of carboxylic acid groups (broad SMARTS) is 1. The maximum atomic E-state index is 14.9. The summed E-state index contributed by atoms with van der Waals surface area (Å²) in [6.07, 6.45) is 9.04. The predicted octanol–water partition coefficient (Wildman–Crippen LogP) is 8.10. The first-order chi connectivity index (χ1) is 27.0. The molecule has 13 heteroatoms. The van der Waals surface area contributed by atoms with Crippen LogP contribution in [0.2, 0.25) is 0 Å². The standard InChI is InChI=1S/C44H73FN6O5S/c1-10-13-14-16-22-51(42(53)39(30(6)11-2)47-27-33-18-15-17-21-50(33)9)37(29(4)5)25-38(56-12-3)41-49-36(28-57-41)40(52)48-32(26-44(7,8)43(54)55)23-31-19-20-35(46)34(45)24-31/h19-20,24,28-30,32-33,37-39,47H,10-18,21-23,25-27,46H2,1-9H3,(H,48,52)(H,54,55)/t30-,32-,33?,37+,38+,39-/m0/s1. The van der Waals surface area contributed by atoms with Crippen molar-refractivity contribution in [2.45, 2.75) is 156 Å². The van der Waals surface area contributed by atoms with Gasteiger partial charge in [0, 0.05) is 49.6 Å². The topological polar surface area (TPSA) is 150 Å². The molecule has 0 radical (unpaired) electrons. The second kappa shape index (κ2) is 23.5. The number of amides is 2. The number of likely N-dealkylation sites (tertiary alicyclic amines) is 1. The summed E-state index contributed by atoms with van der Waals surface area (Å²) >= 11 is 1.34. The highest BCUT2D eigenvalue weighted by Crippen LogP contribution is 2.32. The van der Waals surface area contributed by atoms with Crippen molar-refractivity contribution in [2.24, 2.45) is 17.3 Å². The van der Waals surface area contributed by atoms with Crippen molar-refractivity contribution in [3.63, 3.8) is 0 Å². The van der Waals surface area contributed by atoms with Crippen molar-refractivity contribution in [3.05, 3.63) is 45.7 Å². The lowest BCUT2D eigenvalue weighted by Crippen LogP contribution is -2.56. The maximum Gasteiger partial charge on any atom is 0.309 e. The van der Waals surface area contributed by atoms with Crippen LogP contribution in [-0.2, 0) is 20.7 Å². The fraction of sp³-hybridized carbons (Fsp3) is 0.727. The number of anilines is 1. The van der Waals surface area contributed by atoms with Gasteiger partial charge in [-0.1, -0.05) is 72.8 Å². The molecule has 1 aliphatic heterocycles. The Morgan fingerprint density at radius 2 is 1.88 bits per heavy atom. The van der Waals surface area contributed by atoms with E-state index in [-0.39, 0.29) is 54.0 Å². The average molecular weight is 817 g/mol. The van der Waals surface area contributed by atoms with Crippen LogP contribution in [0.1, 0.15) is 147 Å². The van der Waals surface area contributed by atoms with Crippen LogP contribution in [0.3, 0.4) is 0 Å². The number of piperidine rings is 1. The molecule has 3 rings (SSSR count). The van der Waals surface area contributed by atoms with E-state index >= 15 is 0 Å². The zero-order valence-corrected chi connectivity index (χ0v) is 37.1. The number of nitrogens with one attached hydrogen (secondary N) is 2. The fourth-order valence-electron chi connectivity index (χ4n) is 7.84. The molecule has 2 amide bonds. The molecule has 1 aromatic carbocycles. The first-order valence-corrected chi connectivity index (χ1v) is 22.3. The van der Waals surface area contributed by atoms with Gasteiger partial charge < -0.3 is 36.0 Å². The van der Waals surface area contributed by atoms with E-state index in [9.17, 15) is 23.9 Å². The molecule has 6 atom stereocenters. The van der Waals surface area contributed by atoms with Crippen LogP contribution < -0.4 is 16.4 Å². The van der Waals surface area contributed by atoms with Gasteiger partial charge in [0.15, 0.2) is 0 Å². The molecular formula is C44H73FN6O5S. The van der Waals surface area contributed by atoms with Crippen molar-refractivity contribution < 1.29 is 28.6 Å². The number of carbonyl (C=O) groups is 3. The van der Waals surface area contributed by atoms with Crippen LogP contribution >= 0.6 is 11.3 Å². The molecule has 322 valence electrons. The lowest BCUT2D eigenvalue weighted by Gasteiger charge is -2.40. The van der Waals surface area contributed by atoms with Crippen molar-refractivity contribution in [2.75, 3.05) is 39.0 Å². The minimum absolute atomic E-state index is 0.0161. The number of nitrogens with zero attached hydrogens (tertiary/aromatic N) is 3. The minimum atomic E-state index is -1.15. The van der Waals surface area contributed by atoms with Crippen LogP contribution in [0, 0.1) is 23.1 Å². The summed E-state index contributed by atoms with van der Waals surface area (Å²) in [6.45, 7) is 18.9. The predicted molar refractivity (Wildman–Crippen MR) is 229 cm³/mol. The molecule has 57 heavy (non-hydrogen) atoms.